The van der Waals surface area contributed by atoms with Gasteiger partial charge in [0.05, 0.1) is 6.61 Å². The number of nitrogens with zero attached hydrogens (tertiary/aromatic N) is 3. The van der Waals surface area contributed by atoms with E-state index >= 15 is 0 Å². The molecule has 0 radical (unpaired) electrons. The third kappa shape index (κ3) is 4.90. The molecule has 0 bridgehead atoms. The van der Waals surface area contributed by atoms with Crippen molar-refractivity contribution in [2.24, 2.45) is 0 Å². The van der Waals surface area contributed by atoms with E-state index in [9.17, 15) is 0 Å². The van der Waals surface area contributed by atoms with Crippen LogP contribution in [-0.4, -0.2) is 55.3 Å². The summed E-state index contributed by atoms with van der Waals surface area (Å²) in [6.07, 6.45) is 1.64. The lowest BCUT2D eigenvalue weighted by Gasteiger charge is -2.16. The molecule has 6 nitrogen and oxygen atoms in total. The number of hydrogen-bond acceptors (Lipinski definition) is 6. The number of rotatable bonds is 7. The van der Waals surface area contributed by atoms with E-state index in [4.69, 9.17) is 10.5 Å². The van der Waals surface area contributed by atoms with Crippen molar-refractivity contribution >= 4 is 11.8 Å². The predicted molar refractivity (Wildman–Crippen MR) is 64.3 cm³/mol. The first-order valence-electron chi connectivity index (χ1n) is 5.22. The van der Waals surface area contributed by atoms with Gasteiger partial charge in [-0.15, -0.1) is 0 Å². The SMILES string of the molecule is COCCN(C)CCNc1ccnc(N)n1. The van der Waals surface area contributed by atoms with Crippen LogP contribution >= 0.6 is 0 Å². The lowest BCUT2D eigenvalue weighted by Crippen LogP contribution is -2.28. The second kappa shape index (κ2) is 6.97. The fraction of sp³-hybridized carbons (Fsp3) is 0.600. The average molecular weight is 225 g/mol. The van der Waals surface area contributed by atoms with E-state index in [2.05, 4.69) is 27.2 Å². The first-order valence-corrected chi connectivity index (χ1v) is 5.22. The van der Waals surface area contributed by atoms with Gasteiger partial charge in [0.25, 0.3) is 0 Å². The number of nitrogen functional groups attached to an aromatic ring is 1. The van der Waals surface area contributed by atoms with E-state index in [0.29, 0.717) is 0 Å². The second-order valence-corrected chi connectivity index (χ2v) is 3.52. The van der Waals surface area contributed by atoms with Gasteiger partial charge in [-0.2, -0.15) is 4.98 Å². The molecular weight excluding hydrogens is 206 g/mol. The molecule has 0 atom stereocenters. The number of likely N-dealkylation sites (N-methyl/N-ethyl adjacent to an activating group) is 1. The molecule has 0 aromatic carbocycles. The Hall–Kier alpha value is -1.40. The van der Waals surface area contributed by atoms with Crippen molar-refractivity contribution in [2.45, 2.75) is 0 Å². The highest BCUT2D eigenvalue weighted by molar-refractivity contribution is 5.37. The number of nitrogens with two attached hydrogens (primary N) is 1. The zero-order valence-corrected chi connectivity index (χ0v) is 9.81. The molecule has 1 aromatic rings. The molecule has 0 aliphatic heterocycles. The molecule has 0 saturated heterocycles. The first kappa shape index (κ1) is 12.7. The maximum Gasteiger partial charge on any atom is 0.221 e. The minimum absolute atomic E-state index is 0.290. The number of methoxy groups -OCH3 is 1. The standard InChI is InChI=1S/C10H19N5O/c1-15(7-8-16-2)6-5-12-9-3-4-13-10(11)14-9/h3-4H,5-8H2,1-2H3,(H3,11,12,13,14). The maximum atomic E-state index is 5.47. The van der Waals surface area contributed by atoms with Gasteiger partial charge < -0.3 is 20.7 Å². The van der Waals surface area contributed by atoms with Gasteiger partial charge in [0.1, 0.15) is 5.82 Å². The van der Waals surface area contributed by atoms with Crippen molar-refractivity contribution in [1.29, 1.82) is 0 Å². The molecule has 0 amide bonds. The third-order valence-electron chi connectivity index (χ3n) is 2.15. The summed E-state index contributed by atoms with van der Waals surface area (Å²) in [5, 5.41) is 3.18. The zero-order valence-electron chi connectivity index (χ0n) is 9.81. The minimum atomic E-state index is 0.290. The highest BCUT2D eigenvalue weighted by Gasteiger charge is 1.98. The average Bonchev–Trinajstić information content (AvgIpc) is 2.26. The number of nitrogens with one attached hydrogen (secondary N) is 1. The van der Waals surface area contributed by atoms with Crippen LogP contribution in [0.3, 0.4) is 0 Å². The normalized spacial score (nSPS) is 10.7. The van der Waals surface area contributed by atoms with Gasteiger partial charge in [-0.1, -0.05) is 0 Å². The summed E-state index contributed by atoms with van der Waals surface area (Å²) in [4.78, 5) is 10.0. The van der Waals surface area contributed by atoms with Crippen LogP contribution in [0.25, 0.3) is 0 Å². The van der Waals surface area contributed by atoms with E-state index in [1.54, 1.807) is 19.4 Å². The lowest BCUT2D eigenvalue weighted by molar-refractivity contribution is 0.163. The lowest BCUT2D eigenvalue weighted by atomic mass is 10.5. The van der Waals surface area contributed by atoms with Gasteiger partial charge in [-0.05, 0) is 13.1 Å². The van der Waals surface area contributed by atoms with Crippen LogP contribution in [0.15, 0.2) is 12.3 Å². The molecule has 0 aliphatic rings. The Labute approximate surface area is 95.8 Å². The Morgan fingerprint density at radius 3 is 3.00 bits per heavy atom. The summed E-state index contributed by atoms with van der Waals surface area (Å²) in [7, 11) is 3.75. The smallest absolute Gasteiger partial charge is 0.221 e. The molecule has 6 heteroatoms. The number of ether oxygens (including phenoxy) is 1. The van der Waals surface area contributed by atoms with Crippen molar-refractivity contribution in [1.82, 2.24) is 14.9 Å². The van der Waals surface area contributed by atoms with Crippen molar-refractivity contribution in [3.63, 3.8) is 0 Å². The Balaban J connectivity index is 2.20. The molecule has 0 fully saturated rings. The van der Waals surface area contributed by atoms with Crippen LogP contribution in [0.5, 0.6) is 0 Å². The van der Waals surface area contributed by atoms with Gasteiger partial charge in [0, 0.05) is 32.9 Å². The molecule has 0 unspecified atom stereocenters. The highest BCUT2D eigenvalue weighted by atomic mass is 16.5. The van der Waals surface area contributed by atoms with Crippen LogP contribution in [0.2, 0.25) is 0 Å². The largest absolute Gasteiger partial charge is 0.383 e. The molecule has 1 heterocycles. The summed E-state index contributed by atoms with van der Waals surface area (Å²) in [5.41, 5.74) is 5.47. The van der Waals surface area contributed by atoms with Gasteiger partial charge in [0.2, 0.25) is 5.95 Å². The monoisotopic (exact) mass is 225 g/mol. The molecule has 3 N–H and O–H groups in total. The van der Waals surface area contributed by atoms with Crippen molar-refractivity contribution in [3.05, 3.63) is 12.3 Å². The summed E-state index contributed by atoms with van der Waals surface area (Å²) >= 11 is 0. The Morgan fingerprint density at radius 2 is 2.31 bits per heavy atom. The zero-order chi connectivity index (χ0) is 11.8. The molecule has 1 aromatic heterocycles. The predicted octanol–water partition coefficient (Wildman–Crippen LogP) is 0.0489. The number of hydrogen-bond donors (Lipinski definition) is 2. The van der Waals surface area contributed by atoms with E-state index in [-0.39, 0.29) is 5.95 Å². The van der Waals surface area contributed by atoms with Crippen LogP contribution < -0.4 is 11.1 Å². The fourth-order valence-corrected chi connectivity index (χ4v) is 1.21. The summed E-state index contributed by atoms with van der Waals surface area (Å²) in [5.74, 6) is 1.05. The molecule has 0 spiro atoms. The van der Waals surface area contributed by atoms with Crippen molar-refractivity contribution in [2.75, 3.05) is 51.4 Å². The van der Waals surface area contributed by atoms with Gasteiger partial charge in [0.15, 0.2) is 0 Å². The Bertz CT molecular complexity index is 307. The Morgan fingerprint density at radius 1 is 1.50 bits per heavy atom. The van der Waals surface area contributed by atoms with Crippen molar-refractivity contribution < 1.29 is 4.74 Å². The number of aromatic nitrogens is 2. The summed E-state index contributed by atoms with van der Waals surface area (Å²) < 4.78 is 4.99. The van der Waals surface area contributed by atoms with Gasteiger partial charge in [-0.25, -0.2) is 4.98 Å². The summed E-state index contributed by atoms with van der Waals surface area (Å²) in [6.45, 7) is 3.41. The third-order valence-corrected chi connectivity index (χ3v) is 2.15. The molecule has 0 saturated carbocycles. The van der Waals surface area contributed by atoms with E-state index in [0.717, 1.165) is 32.1 Å². The number of anilines is 2. The van der Waals surface area contributed by atoms with Crippen LogP contribution in [0, 0.1) is 0 Å². The van der Waals surface area contributed by atoms with Gasteiger partial charge >= 0.3 is 0 Å². The first-order chi connectivity index (χ1) is 7.72. The molecule has 90 valence electrons. The molecule has 0 aliphatic carbocycles. The maximum absolute atomic E-state index is 5.47. The molecular formula is C10H19N5O. The summed E-state index contributed by atoms with van der Waals surface area (Å²) in [6, 6.07) is 1.80. The quantitative estimate of drug-likeness (QED) is 0.683. The minimum Gasteiger partial charge on any atom is -0.383 e. The molecule has 16 heavy (non-hydrogen) atoms. The van der Waals surface area contributed by atoms with Crippen LogP contribution in [-0.2, 0) is 4.74 Å². The Kier molecular flexibility index (Phi) is 5.52. The highest BCUT2D eigenvalue weighted by Crippen LogP contribution is 2.01. The van der Waals surface area contributed by atoms with Gasteiger partial charge in [-0.3, -0.25) is 0 Å². The fourth-order valence-electron chi connectivity index (χ4n) is 1.21. The van der Waals surface area contributed by atoms with Crippen molar-refractivity contribution in [3.8, 4) is 0 Å². The van der Waals surface area contributed by atoms with Crippen LogP contribution in [0.1, 0.15) is 0 Å². The van der Waals surface area contributed by atoms with Crippen LogP contribution in [0.4, 0.5) is 11.8 Å². The van der Waals surface area contributed by atoms with E-state index in [1.807, 2.05) is 0 Å². The topological polar surface area (TPSA) is 76.3 Å². The van der Waals surface area contributed by atoms with E-state index in [1.165, 1.54) is 0 Å². The van der Waals surface area contributed by atoms with E-state index < -0.39 is 0 Å². The second-order valence-electron chi connectivity index (χ2n) is 3.52. The molecule has 1 rings (SSSR count).